The summed E-state index contributed by atoms with van der Waals surface area (Å²) in [6.07, 6.45) is 0.0323. The molecular formula is C18H26N6O. The minimum Gasteiger partial charge on any atom is -0.370 e. The minimum atomic E-state index is 0.0323. The van der Waals surface area contributed by atoms with Crippen LogP contribution >= 0.6 is 0 Å². The molecule has 0 bridgehead atoms. The smallest absolute Gasteiger partial charge is 0.229 e. The molecule has 1 saturated heterocycles. The van der Waals surface area contributed by atoms with Crippen LogP contribution in [0.3, 0.4) is 0 Å². The van der Waals surface area contributed by atoms with Gasteiger partial charge in [0.25, 0.3) is 0 Å². The highest BCUT2D eigenvalue weighted by molar-refractivity contribution is 5.32. The van der Waals surface area contributed by atoms with Gasteiger partial charge in [-0.3, -0.25) is 4.90 Å². The first-order chi connectivity index (χ1) is 12.0. The molecule has 0 aliphatic carbocycles. The van der Waals surface area contributed by atoms with Crippen LogP contribution in [0.1, 0.15) is 31.3 Å². The Labute approximate surface area is 148 Å². The molecule has 0 unspecified atom stereocenters. The molecule has 3 atom stereocenters. The molecule has 2 heterocycles. The zero-order valence-corrected chi connectivity index (χ0v) is 15.3. The largest absolute Gasteiger partial charge is 0.370 e. The summed E-state index contributed by atoms with van der Waals surface area (Å²) in [5.74, 6) is 1.51. The van der Waals surface area contributed by atoms with E-state index in [9.17, 15) is 0 Å². The highest BCUT2D eigenvalue weighted by Crippen LogP contribution is 2.31. The molecule has 0 spiro atoms. The zero-order valence-electron chi connectivity index (χ0n) is 15.3. The number of nitrogen functional groups attached to an aromatic ring is 1. The van der Waals surface area contributed by atoms with E-state index in [0.29, 0.717) is 24.9 Å². The van der Waals surface area contributed by atoms with Crippen molar-refractivity contribution < 1.29 is 4.74 Å². The molecule has 1 aliphatic rings. The van der Waals surface area contributed by atoms with Gasteiger partial charge in [0.15, 0.2) is 0 Å². The molecule has 0 amide bonds. The maximum absolute atomic E-state index is 6.11. The van der Waals surface area contributed by atoms with E-state index in [1.165, 1.54) is 5.56 Å². The van der Waals surface area contributed by atoms with Crippen molar-refractivity contribution in [1.82, 2.24) is 19.9 Å². The number of hydrogen-bond donors (Lipinski definition) is 1. The van der Waals surface area contributed by atoms with E-state index in [2.05, 4.69) is 45.8 Å². The normalized spacial score (nSPS) is 24.2. The van der Waals surface area contributed by atoms with E-state index in [-0.39, 0.29) is 24.1 Å². The van der Waals surface area contributed by atoms with Crippen LogP contribution in [0.4, 0.5) is 11.9 Å². The summed E-state index contributed by atoms with van der Waals surface area (Å²) in [7, 11) is 3.79. The Hall–Kier alpha value is -2.25. The molecule has 134 valence electrons. The summed E-state index contributed by atoms with van der Waals surface area (Å²) < 4.78 is 6.11. The average Bonchev–Trinajstić information content (AvgIpc) is 2.59. The molecule has 0 radical (unpaired) electrons. The Kier molecular flexibility index (Phi) is 5.15. The van der Waals surface area contributed by atoms with E-state index in [4.69, 9.17) is 10.5 Å². The Bertz CT molecular complexity index is 708. The predicted octanol–water partition coefficient (Wildman–Crippen LogP) is 1.87. The fourth-order valence-corrected chi connectivity index (χ4v) is 3.23. The van der Waals surface area contributed by atoms with Crippen molar-refractivity contribution in [3.05, 3.63) is 41.7 Å². The van der Waals surface area contributed by atoms with Crippen molar-refractivity contribution >= 4 is 11.9 Å². The zero-order chi connectivity index (χ0) is 18.0. The summed E-state index contributed by atoms with van der Waals surface area (Å²) in [6, 6.07) is 10.8. The quantitative estimate of drug-likeness (QED) is 0.908. The van der Waals surface area contributed by atoms with Gasteiger partial charge in [0.2, 0.25) is 11.9 Å². The molecule has 2 N–H and O–H groups in total. The van der Waals surface area contributed by atoms with E-state index in [0.717, 1.165) is 0 Å². The van der Waals surface area contributed by atoms with Gasteiger partial charge >= 0.3 is 0 Å². The molecule has 1 aromatic heterocycles. The number of benzene rings is 1. The van der Waals surface area contributed by atoms with Crippen LogP contribution in [0.2, 0.25) is 0 Å². The maximum atomic E-state index is 6.11. The van der Waals surface area contributed by atoms with Gasteiger partial charge in [-0.05, 0) is 19.4 Å². The second-order valence-electron chi connectivity index (χ2n) is 6.73. The van der Waals surface area contributed by atoms with Gasteiger partial charge in [0.05, 0.1) is 19.3 Å². The number of rotatable bonds is 4. The molecule has 25 heavy (non-hydrogen) atoms. The fourth-order valence-electron chi connectivity index (χ4n) is 3.23. The SMILES string of the molecule is C[C@H]1CO[C@@H](c2ccccc2)[C@H](C)N1Cc1nc(N)nc(N(C)C)n1. The Morgan fingerprint density at radius 2 is 1.88 bits per heavy atom. The number of morpholine rings is 1. The second-order valence-corrected chi connectivity index (χ2v) is 6.73. The van der Waals surface area contributed by atoms with Crippen molar-refractivity contribution in [3.8, 4) is 0 Å². The summed E-state index contributed by atoms with van der Waals surface area (Å²) in [5.41, 5.74) is 7.05. The van der Waals surface area contributed by atoms with E-state index >= 15 is 0 Å². The lowest BCUT2D eigenvalue weighted by atomic mass is 9.98. The van der Waals surface area contributed by atoms with Gasteiger partial charge in [-0.15, -0.1) is 0 Å². The van der Waals surface area contributed by atoms with Crippen LogP contribution in [0.15, 0.2) is 30.3 Å². The predicted molar refractivity (Wildman–Crippen MR) is 98.2 cm³/mol. The van der Waals surface area contributed by atoms with Gasteiger partial charge in [0.1, 0.15) is 5.82 Å². The molecule has 7 nitrogen and oxygen atoms in total. The van der Waals surface area contributed by atoms with Crippen LogP contribution < -0.4 is 10.6 Å². The number of nitrogens with two attached hydrogens (primary N) is 1. The van der Waals surface area contributed by atoms with Gasteiger partial charge in [0, 0.05) is 26.2 Å². The van der Waals surface area contributed by atoms with Crippen LogP contribution in [0, 0.1) is 0 Å². The van der Waals surface area contributed by atoms with Crippen molar-refractivity contribution in [1.29, 1.82) is 0 Å². The highest BCUT2D eigenvalue weighted by atomic mass is 16.5. The summed E-state index contributed by atoms with van der Waals surface area (Å²) in [5, 5.41) is 0. The molecule has 2 aromatic rings. The van der Waals surface area contributed by atoms with Crippen molar-refractivity contribution in [2.75, 3.05) is 31.3 Å². The Balaban J connectivity index is 1.83. The summed E-state index contributed by atoms with van der Waals surface area (Å²) in [6.45, 7) is 5.63. The van der Waals surface area contributed by atoms with E-state index < -0.39 is 0 Å². The highest BCUT2D eigenvalue weighted by Gasteiger charge is 2.34. The third-order valence-electron chi connectivity index (χ3n) is 4.58. The summed E-state index contributed by atoms with van der Waals surface area (Å²) >= 11 is 0. The molecular weight excluding hydrogens is 316 g/mol. The monoisotopic (exact) mass is 342 g/mol. The lowest BCUT2D eigenvalue weighted by Gasteiger charge is -2.43. The lowest BCUT2D eigenvalue weighted by molar-refractivity contribution is -0.100. The van der Waals surface area contributed by atoms with Crippen molar-refractivity contribution in [3.63, 3.8) is 0 Å². The third kappa shape index (κ3) is 3.88. The molecule has 1 aromatic carbocycles. The number of nitrogens with zero attached hydrogens (tertiary/aromatic N) is 5. The number of hydrogen-bond acceptors (Lipinski definition) is 7. The fraction of sp³-hybridized carbons (Fsp3) is 0.500. The molecule has 0 saturated carbocycles. The van der Waals surface area contributed by atoms with Crippen LogP contribution in [0.25, 0.3) is 0 Å². The summed E-state index contributed by atoms with van der Waals surface area (Å²) in [4.78, 5) is 17.2. The standard InChI is InChI=1S/C18H26N6O/c1-12-11-25-16(14-8-6-5-7-9-14)13(2)24(12)10-15-20-17(19)22-18(21-15)23(3)4/h5-9,12-13,16H,10-11H2,1-4H3,(H2,19,20,21,22)/t12-,13-,16+/m0/s1. The van der Waals surface area contributed by atoms with Gasteiger partial charge in [-0.25, -0.2) is 0 Å². The van der Waals surface area contributed by atoms with E-state index in [1.54, 1.807) is 0 Å². The molecule has 1 aliphatic heterocycles. The first kappa shape index (κ1) is 17.6. The third-order valence-corrected chi connectivity index (χ3v) is 4.58. The van der Waals surface area contributed by atoms with Gasteiger partial charge < -0.3 is 15.4 Å². The van der Waals surface area contributed by atoms with Crippen LogP contribution in [-0.4, -0.2) is 52.6 Å². The molecule has 1 fully saturated rings. The molecule has 3 rings (SSSR count). The van der Waals surface area contributed by atoms with E-state index in [1.807, 2.05) is 37.2 Å². The lowest BCUT2D eigenvalue weighted by Crippen LogP contribution is -2.50. The van der Waals surface area contributed by atoms with Gasteiger partial charge in [-0.1, -0.05) is 30.3 Å². The van der Waals surface area contributed by atoms with Crippen LogP contribution in [-0.2, 0) is 11.3 Å². The number of ether oxygens (including phenoxy) is 1. The van der Waals surface area contributed by atoms with Crippen LogP contribution in [0.5, 0.6) is 0 Å². The first-order valence-corrected chi connectivity index (χ1v) is 8.55. The average molecular weight is 342 g/mol. The topological polar surface area (TPSA) is 80.4 Å². The second kappa shape index (κ2) is 7.33. The molecule has 7 heteroatoms. The first-order valence-electron chi connectivity index (χ1n) is 8.55. The number of aromatic nitrogens is 3. The minimum absolute atomic E-state index is 0.0323. The van der Waals surface area contributed by atoms with Crippen molar-refractivity contribution in [2.24, 2.45) is 0 Å². The number of anilines is 2. The Morgan fingerprint density at radius 1 is 1.16 bits per heavy atom. The maximum Gasteiger partial charge on any atom is 0.229 e. The Morgan fingerprint density at radius 3 is 2.56 bits per heavy atom. The van der Waals surface area contributed by atoms with Crippen molar-refractivity contribution in [2.45, 2.75) is 38.6 Å². The van der Waals surface area contributed by atoms with Gasteiger partial charge in [-0.2, -0.15) is 15.0 Å².